The van der Waals surface area contributed by atoms with Crippen LogP contribution in [-0.4, -0.2) is 12.2 Å². The number of rotatable bonds is 9. The van der Waals surface area contributed by atoms with E-state index < -0.39 is 0 Å². The molecule has 5 rings (SSSR count). The molecule has 0 saturated carbocycles. The molecule has 0 spiro atoms. The van der Waals surface area contributed by atoms with Crippen LogP contribution in [0.5, 0.6) is 0 Å². The fraction of sp³-hybridized carbons (Fsp3) is 0.535. The van der Waals surface area contributed by atoms with Gasteiger partial charge in [-0.3, -0.25) is 0 Å². The molecule has 0 saturated heterocycles. The van der Waals surface area contributed by atoms with Gasteiger partial charge < -0.3 is 4.74 Å². The molecule has 2 aliphatic carbocycles. The summed E-state index contributed by atoms with van der Waals surface area (Å²) in [7, 11) is 0. The Kier molecular flexibility index (Phi) is 8.89. The van der Waals surface area contributed by atoms with Gasteiger partial charge in [0.1, 0.15) is 0 Å². The molecular formula is C43H58O. The monoisotopic (exact) mass is 590 g/mol. The van der Waals surface area contributed by atoms with Gasteiger partial charge in [-0.2, -0.15) is 0 Å². The third kappa shape index (κ3) is 6.64. The van der Waals surface area contributed by atoms with Crippen molar-refractivity contribution in [1.29, 1.82) is 0 Å². The Labute approximate surface area is 269 Å². The maximum Gasteiger partial charge on any atom is 0.0598 e. The second-order valence-electron chi connectivity index (χ2n) is 17.2. The van der Waals surface area contributed by atoms with E-state index in [1.807, 2.05) is 0 Å². The Balaban J connectivity index is 1.48. The summed E-state index contributed by atoms with van der Waals surface area (Å²) >= 11 is 0. The Morgan fingerprint density at radius 2 is 1.11 bits per heavy atom. The van der Waals surface area contributed by atoms with Crippen LogP contribution in [0.4, 0.5) is 0 Å². The van der Waals surface area contributed by atoms with Crippen molar-refractivity contribution in [1.82, 2.24) is 0 Å². The number of benzene rings is 3. The lowest BCUT2D eigenvalue weighted by Gasteiger charge is -2.39. The average molecular weight is 591 g/mol. The van der Waals surface area contributed by atoms with Gasteiger partial charge >= 0.3 is 0 Å². The van der Waals surface area contributed by atoms with Crippen LogP contribution in [-0.2, 0) is 15.6 Å². The van der Waals surface area contributed by atoms with E-state index >= 15 is 0 Å². The first-order valence-corrected chi connectivity index (χ1v) is 17.2. The molecule has 236 valence electrons. The molecule has 2 aliphatic rings. The summed E-state index contributed by atoms with van der Waals surface area (Å²) < 4.78 is 5.95. The zero-order chi connectivity index (χ0) is 32.1. The normalized spacial score (nSPS) is 17.0. The van der Waals surface area contributed by atoms with Gasteiger partial charge in [-0.05, 0) is 106 Å². The van der Waals surface area contributed by atoms with Crippen LogP contribution in [0.1, 0.15) is 153 Å². The fourth-order valence-corrected chi connectivity index (χ4v) is 7.60. The van der Waals surface area contributed by atoms with E-state index in [-0.39, 0.29) is 21.8 Å². The summed E-state index contributed by atoms with van der Waals surface area (Å²) in [5.74, 6) is 0.697. The van der Waals surface area contributed by atoms with Gasteiger partial charge in [0.25, 0.3) is 0 Å². The van der Waals surface area contributed by atoms with E-state index in [0.717, 1.165) is 19.4 Å². The molecule has 0 heterocycles. The van der Waals surface area contributed by atoms with Crippen LogP contribution < -0.4 is 0 Å². The molecule has 0 aliphatic heterocycles. The SMILES string of the molecule is CC(C)(C)OCCCCCCC1=CC(C(C)(C)C2c3cc(C(C)(C)C)ccc3-c3ccc(C(C)(C)C)cc32)c2ccccc21. The Morgan fingerprint density at radius 3 is 1.66 bits per heavy atom. The van der Waals surface area contributed by atoms with Gasteiger partial charge in [-0.15, -0.1) is 0 Å². The van der Waals surface area contributed by atoms with Crippen LogP contribution >= 0.6 is 0 Å². The molecule has 0 fully saturated rings. The van der Waals surface area contributed by atoms with Crippen molar-refractivity contribution in [2.45, 2.75) is 137 Å². The molecule has 0 bridgehead atoms. The molecule has 0 N–H and O–H groups in total. The number of allylic oxidation sites excluding steroid dienone is 2. The van der Waals surface area contributed by atoms with Crippen molar-refractivity contribution in [3.05, 3.63) is 100 Å². The number of ether oxygens (including phenoxy) is 1. The third-order valence-corrected chi connectivity index (χ3v) is 10.2. The highest BCUT2D eigenvalue weighted by atomic mass is 16.5. The van der Waals surface area contributed by atoms with Crippen LogP contribution in [0.3, 0.4) is 0 Å². The smallest absolute Gasteiger partial charge is 0.0598 e. The van der Waals surface area contributed by atoms with Crippen molar-refractivity contribution >= 4 is 5.57 Å². The van der Waals surface area contributed by atoms with Crippen molar-refractivity contribution in [2.75, 3.05) is 6.61 Å². The molecular weight excluding hydrogens is 532 g/mol. The van der Waals surface area contributed by atoms with E-state index in [0.29, 0.717) is 11.8 Å². The molecule has 0 amide bonds. The fourth-order valence-electron chi connectivity index (χ4n) is 7.60. The van der Waals surface area contributed by atoms with E-state index in [2.05, 4.69) is 143 Å². The molecule has 1 unspecified atom stereocenters. The first-order valence-electron chi connectivity index (χ1n) is 17.2. The van der Waals surface area contributed by atoms with Crippen molar-refractivity contribution in [2.24, 2.45) is 5.41 Å². The first-order chi connectivity index (χ1) is 20.5. The summed E-state index contributed by atoms with van der Waals surface area (Å²) in [6.45, 7) is 26.4. The van der Waals surface area contributed by atoms with E-state index in [9.17, 15) is 0 Å². The zero-order valence-electron chi connectivity index (χ0n) is 29.7. The molecule has 0 radical (unpaired) electrons. The maximum absolute atomic E-state index is 5.95. The number of fused-ring (bicyclic) bond motifs is 4. The molecule has 1 atom stereocenters. The number of hydrogen-bond donors (Lipinski definition) is 0. The first kappa shape index (κ1) is 32.7. The van der Waals surface area contributed by atoms with Crippen molar-refractivity contribution < 1.29 is 4.74 Å². The van der Waals surface area contributed by atoms with Crippen LogP contribution in [0.15, 0.2) is 66.7 Å². The van der Waals surface area contributed by atoms with Crippen LogP contribution in [0.2, 0.25) is 0 Å². The Morgan fingerprint density at radius 1 is 0.568 bits per heavy atom. The largest absolute Gasteiger partial charge is 0.376 e. The zero-order valence-corrected chi connectivity index (χ0v) is 29.7. The third-order valence-electron chi connectivity index (χ3n) is 10.2. The minimum absolute atomic E-state index is 0.00480. The van der Waals surface area contributed by atoms with Gasteiger partial charge in [-0.25, -0.2) is 0 Å². The average Bonchev–Trinajstić information content (AvgIpc) is 3.47. The summed E-state index contributed by atoms with van der Waals surface area (Å²) in [5.41, 5.74) is 13.5. The molecule has 1 nitrogen and oxygen atoms in total. The highest BCUT2D eigenvalue weighted by molar-refractivity contribution is 5.81. The minimum Gasteiger partial charge on any atom is -0.376 e. The number of unbranched alkanes of at least 4 members (excludes halogenated alkanes) is 3. The summed E-state index contributed by atoms with van der Waals surface area (Å²) in [6, 6.07) is 23.9. The van der Waals surface area contributed by atoms with Crippen molar-refractivity contribution in [3.8, 4) is 11.1 Å². The highest BCUT2D eigenvalue weighted by Crippen LogP contribution is 2.60. The molecule has 1 heteroatoms. The topological polar surface area (TPSA) is 9.23 Å². The second-order valence-corrected chi connectivity index (χ2v) is 17.2. The standard InChI is InChI=1S/C43H58O/c1-40(2,3)30-21-23-33-34-24-22-31(41(4,5)6)28-37(34)39(36(33)27-30)43(10,11)38-26-29(32-19-15-16-20-35(32)38)18-14-12-13-17-25-44-42(7,8)9/h15-16,19-24,26-28,38-39H,12-14,17-18,25H2,1-11H3. The quantitative estimate of drug-likeness (QED) is 0.225. The lowest BCUT2D eigenvalue weighted by molar-refractivity contribution is -0.00473. The van der Waals surface area contributed by atoms with Crippen LogP contribution in [0, 0.1) is 5.41 Å². The van der Waals surface area contributed by atoms with Crippen LogP contribution in [0.25, 0.3) is 16.7 Å². The van der Waals surface area contributed by atoms with E-state index in [1.165, 1.54) is 63.8 Å². The van der Waals surface area contributed by atoms with E-state index in [4.69, 9.17) is 4.74 Å². The maximum atomic E-state index is 5.95. The van der Waals surface area contributed by atoms with Gasteiger partial charge in [-0.1, -0.05) is 135 Å². The summed E-state index contributed by atoms with van der Waals surface area (Å²) in [6.07, 6.45) is 8.70. The lowest BCUT2D eigenvalue weighted by atomic mass is 9.64. The molecule has 44 heavy (non-hydrogen) atoms. The van der Waals surface area contributed by atoms with Crippen molar-refractivity contribution in [3.63, 3.8) is 0 Å². The summed E-state index contributed by atoms with van der Waals surface area (Å²) in [5, 5.41) is 0. The highest BCUT2D eigenvalue weighted by Gasteiger charge is 2.46. The predicted molar refractivity (Wildman–Crippen MR) is 191 cm³/mol. The van der Waals surface area contributed by atoms with Gasteiger partial charge in [0.05, 0.1) is 5.60 Å². The summed E-state index contributed by atoms with van der Waals surface area (Å²) in [4.78, 5) is 0. The minimum atomic E-state index is -0.0385. The van der Waals surface area contributed by atoms with Gasteiger partial charge in [0.2, 0.25) is 0 Å². The Hall–Kier alpha value is -2.64. The lowest BCUT2D eigenvalue weighted by Crippen LogP contribution is -2.28. The molecule has 3 aromatic carbocycles. The van der Waals surface area contributed by atoms with Gasteiger partial charge in [0.15, 0.2) is 0 Å². The van der Waals surface area contributed by atoms with E-state index in [1.54, 1.807) is 5.57 Å². The Bertz CT molecular complexity index is 1450. The second kappa shape index (κ2) is 11.9. The van der Waals surface area contributed by atoms with Gasteiger partial charge in [0, 0.05) is 18.4 Å². The predicted octanol–water partition coefficient (Wildman–Crippen LogP) is 12.4. The molecule has 0 aromatic heterocycles. The molecule has 3 aromatic rings. The number of hydrogen-bond acceptors (Lipinski definition) is 1.